The minimum absolute atomic E-state index is 0.00685. The zero-order chi connectivity index (χ0) is 15.3. The van der Waals surface area contributed by atoms with Crippen LogP contribution in [0.25, 0.3) is 0 Å². The molecule has 1 aliphatic rings. The number of nitrogens with zero attached hydrogens (tertiary/aromatic N) is 2. The van der Waals surface area contributed by atoms with Crippen molar-refractivity contribution in [3.63, 3.8) is 0 Å². The maximum Gasteiger partial charge on any atom is 0.325 e. The molecule has 21 heavy (non-hydrogen) atoms. The normalized spacial score (nSPS) is 17.0. The maximum absolute atomic E-state index is 12.1. The second-order valence-corrected chi connectivity index (χ2v) is 7.22. The summed E-state index contributed by atoms with van der Waals surface area (Å²) in [6, 6.07) is 0. The Hall–Kier alpha value is -1.41. The van der Waals surface area contributed by atoms with E-state index in [9.17, 15) is 13.2 Å². The summed E-state index contributed by atoms with van der Waals surface area (Å²) in [5.74, 6) is -0.455. The average molecular weight is 315 g/mol. The van der Waals surface area contributed by atoms with Crippen LogP contribution in [0, 0.1) is 5.92 Å². The lowest BCUT2D eigenvalue weighted by Crippen LogP contribution is -2.26. The Morgan fingerprint density at radius 3 is 2.76 bits per heavy atom. The molecule has 118 valence electrons. The Bertz CT molecular complexity index is 576. The predicted octanol–water partition coefficient (Wildman–Crippen LogP) is 1.22. The Morgan fingerprint density at radius 2 is 2.10 bits per heavy atom. The van der Waals surface area contributed by atoms with Gasteiger partial charge >= 0.3 is 5.97 Å². The zero-order valence-corrected chi connectivity index (χ0v) is 12.7. The van der Waals surface area contributed by atoms with Crippen LogP contribution in [0.2, 0.25) is 0 Å². The molecule has 8 heteroatoms. The van der Waals surface area contributed by atoms with Crippen LogP contribution in [0.3, 0.4) is 0 Å². The summed E-state index contributed by atoms with van der Waals surface area (Å²) < 4.78 is 27.8. The number of nitrogens with one attached hydrogen (secondary N) is 1. The molecule has 0 bridgehead atoms. The van der Waals surface area contributed by atoms with Gasteiger partial charge in [0.15, 0.2) is 0 Å². The maximum atomic E-state index is 12.1. The van der Waals surface area contributed by atoms with Crippen LogP contribution in [0.15, 0.2) is 17.3 Å². The van der Waals surface area contributed by atoms with E-state index in [0.717, 1.165) is 11.1 Å². The van der Waals surface area contributed by atoms with Crippen molar-refractivity contribution < 1.29 is 18.3 Å². The van der Waals surface area contributed by atoms with Gasteiger partial charge in [0.25, 0.3) is 0 Å². The molecule has 1 fully saturated rings. The molecule has 0 atom stereocenters. The summed E-state index contributed by atoms with van der Waals surface area (Å²) in [6.45, 7) is 0.0642. The van der Waals surface area contributed by atoms with E-state index in [0.29, 0.717) is 12.5 Å². The number of hydrogen-bond acceptors (Lipinski definition) is 4. The molecule has 1 aliphatic carbocycles. The van der Waals surface area contributed by atoms with Crippen LogP contribution in [-0.4, -0.2) is 35.8 Å². The molecule has 0 unspecified atom stereocenters. The van der Waals surface area contributed by atoms with Crippen LogP contribution in [0.5, 0.6) is 0 Å². The van der Waals surface area contributed by atoms with Crippen molar-refractivity contribution in [1.29, 1.82) is 0 Å². The third-order valence-electron chi connectivity index (χ3n) is 3.79. The molecule has 2 N–H and O–H groups in total. The fourth-order valence-corrected chi connectivity index (χ4v) is 3.66. The largest absolute Gasteiger partial charge is 0.480 e. The summed E-state index contributed by atoms with van der Waals surface area (Å²) in [5.41, 5.74) is 0. The summed E-state index contributed by atoms with van der Waals surface area (Å²) in [7, 11) is -3.60. The Morgan fingerprint density at radius 1 is 1.38 bits per heavy atom. The SMILES string of the molecule is O=C(O)Cn1cc(S(=O)(=O)NCCC2CCCCC2)cn1. The van der Waals surface area contributed by atoms with E-state index in [-0.39, 0.29) is 11.4 Å². The van der Waals surface area contributed by atoms with Crippen molar-refractivity contribution in [2.75, 3.05) is 6.54 Å². The zero-order valence-electron chi connectivity index (χ0n) is 11.9. The number of carboxylic acids is 1. The second kappa shape index (κ2) is 7.04. The van der Waals surface area contributed by atoms with E-state index in [1.54, 1.807) is 0 Å². The quantitative estimate of drug-likeness (QED) is 0.787. The van der Waals surface area contributed by atoms with E-state index >= 15 is 0 Å². The number of sulfonamides is 1. The van der Waals surface area contributed by atoms with Crippen molar-refractivity contribution in [3.05, 3.63) is 12.4 Å². The molecule has 0 aliphatic heterocycles. The standard InChI is InChI=1S/C13H21N3O4S/c17-13(18)10-16-9-12(8-14-16)21(19,20)15-7-6-11-4-2-1-3-5-11/h8-9,11,15H,1-7,10H2,(H,17,18). The number of aliphatic carboxylic acids is 1. The third-order valence-corrected chi connectivity index (χ3v) is 5.20. The predicted molar refractivity (Wildman–Crippen MR) is 76.2 cm³/mol. The number of carbonyl (C=O) groups is 1. The minimum atomic E-state index is -3.60. The molecular formula is C13H21N3O4S. The molecule has 0 amide bonds. The van der Waals surface area contributed by atoms with Gasteiger partial charge in [-0.1, -0.05) is 32.1 Å². The number of carboxylic acid groups (broad SMARTS) is 1. The van der Waals surface area contributed by atoms with Gasteiger partial charge in [0.2, 0.25) is 10.0 Å². The van der Waals surface area contributed by atoms with Gasteiger partial charge in [-0.2, -0.15) is 5.10 Å². The molecule has 1 saturated carbocycles. The van der Waals surface area contributed by atoms with Crippen molar-refractivity contribution in [2.45, 2.75) is 50.0 Å². The minimum Gasteiger partial charge on any atom is -0.480 e. The van der Waals surface area contributed by atoms with E-state index in [4.69, 9.17) is 5.11 Å². The Kier molecular flexibility index (Phi) is 5.35. The topological polar surface area (TPSA) is 101 Å². The molecule has 0 radical (unpaired) electrons. The van der Waals surface area contributed by atoms with E-state index in [1.807, 2.05) is 0 Å². The van der Waals surface area contributed by atoms with Gasteiger partial charge in [0.1, 0.15) is 11.4 Å². The van der Waals surface area contributed by atoms with E-state index < -0.39 is 16.0 Å². The van der Waals surface area contributed by atoms with Crippen LogP contribution < -0.4 is 4.72 Å². The Labute approximate surface area is 124 Å². The summed E-state index contributed by atoms with van der Waals surface area (Å²) in [6.07, 6.45) is 9.37. The molecule has 0 spiro atoms. The van der Waals surface area contributed by atoms with Gasteiger partial charge in [-0.05, 0) is 12.3 Å². The molecule has 1 aromatic heterocycles. The molecule has 7 nitrogen and oxygen atoms in total. The first kappa shape index (κ1) is 16.0. The lowest BCUT2D eigenvalue weighted by atomic mass is 9.87. The first-order valence-electron chi connectivity index (χ1n) is 7.21. The summed E-state index contributed by atoms with van der Waals surface area (Å²) in [5, 5.41) is 12.4. The van der Waals surface area contributed by atoms with Gasteiger partial charge in [-0.3, -0.25) is 9.48 Å². The van der Waals surface area contributed by atoms with Crippen LogP contribution in [0.4, 0.5) is 0 Å². The van der Waals surface area contributed by atoms with Crippen molar-refractivity contribution >= 4 is 16.0 Å². The van der Waals surface area contributed by atoms with E-state index in [1.165, 1.54) is 44.5 Å². The highest BCUT2D eigenvalue weighted by Crippen LogP contribution is 2.25. The van der Waals surface area contributed by atoms with Crippen LogP contribution in [-0.2, 0) is 21.4 Å². The van der Waals surface area contributed by atoms with Crippen molar-refractivity contribution in [3.8, 4) is 0 Å². The number of hydrogen-bond donors (Lipinski definition) is 2. The van der Waals surface area contributed by atoms with Gasteiger partial charge in [-0.15, -0.1) is 0 Å². The fraction of sp³-hybridized carbons (Fsp3) is 0.692. The lowest BCUT2D eigenvalue weighted by Gasteiger charge is -2.21. The van der Waals surface area contributed by atoms with Gasteiger partial charge < -0.3 is 5.11 Å². The summed E-state index contributed by atoms with van der Waals surface area (Å²) in [4.78, 5) is 10.6. The average Bonchev–Trinajstić information content (AvgIpc) is 2.88. The highest BCUT2D eigenvalue weighted by Gasteiger charge is 2.18. The summed E-state index contributed by atoms with van der Waals surface area (Å²) >= 11 is 0. The number of rotatable bonds is 7. The first-order valence-corrected chi connectivity index (χ1v) is 8.69. The van der Waals surface area contributed by atoms with Gasteiger partial charge in [-0.25, -0.2) is 13.1 Å². The van der Waals surface area contributed by atoms with Crippen LogP contribution >= 0.6 is 0 Å². The van der Waals surface area contributed by atoms with Crippen LogP contribution in [0.1, 0.15) is 38.5 Å². The fourth-order valence-electron chi connectivity index (χ4n) is 2.66. The second-order valence-electron chi connectivity index (χ2n) is 5.46. The molecule has 1 aromatic rings. The third kappa shape index (κ3) is 4.82. The highest BCUT2D eigenvalue weighted by molar-refractivity contribution is 7.89. The first-order chi connectivity index (χ1) is 9.97. The molecule has 2 rings (SSSR count). The van der Waals surface area contributed by atoms with E-state index in [2.05, 4.69) is 9.82 Å². The molecule has 0 aromatic carbocycles. The van der Waals surface area contributed by atoms with Crippen molar-refractivity contribution in [2.24, 2.45) is 5.92 Å². The van der Waals surface area contributed by atoms with Crippen molar-refractivity contribution in [1.82, 2.24) is 14.5 Å². The monoisotopic (exact) mass is 315 g/mol. The Balaban J connectivity index is 1.85. The number of aromatic nitrogens is 2. The van der Waals surface area contributed by atoms with Gasteiger partial charge in [0.05, 0.1) is 6.20 Å². The lowest BCUT2D eigenvalue weighted by molar-refractivity contribution is -0.137. The van der Waals surface area contributed by atoms with Gasteiger partial charge in [0, 0.05) is 12.7 Å². The highest BCUT2D eigenvalue weighted by atomic mass is 32.2. The molecule has 1 heterocycles. The molecule has 0 saturated heterocycles. The molecular weight excluding hydrogens is 294 g/mol. The smallest absolute Gasteiger partial charge is 0.325 e.